The van der Waals surface area contributed by atoms with Crippen molar-refractivity contribution in [1.29, 1.82) is 0 Å². The Labute approximate surface area is 34.0 Å². The zero-order valence-electron chi connectivity index (χ0n) is 1.69. The van der Waals surface area contributed by atoms with Crippen LogP contribution in [0.25, 0.3) is 0 Å². The van der Waals surface area contributed by atoms with E-state index in [-0.39, 0.29) is 0 Å². The maximum atomic E-state index is 9.00. The molecule has 0 bridgehead atoms. The summed E-state index contributed by atoms with van der Waals surface area (Å²) in [5.41, 5.74) is 0. The van der Waals surface area contributed by atoms with Crippen LogP contribution in [0, 0.1) is 0 Å². The summed E-state index contributed by atoms with van der Waals surface area (Å²) < 4.78 is -0.833. The summed E-state index contributed by atoms with van der Waals surface area (Å²) in [6.07, 6.45) is 0. The molecule has 0 aliphatic carbocycles. The molecule has 0 amide bonds. The molecule has 0 aromatic heterocycles. The summed E-state index contributed by atoms with van der Waals surface area (Å²) in [6.45, 7) is 0. The number of rotatable bonds is 0. The van der Waals surface area contributed by atoms with E-state index in [1.54, 1.807) is 0 Å². The molecule has 0 fully saturated rings. The molecule has 4 heavy (non-hydrogen) atoms. The van der Waals surface area contributed by atoms with Gasteiger partial charge in [0.25, 0.3) is 0 Å². The van der Waals surface area contributed by atoms with Crippen molar-refractivity contribution in [2.45, 2.75) is 0 Å². The van der Waals surface area contributed by atoms with Gasteiger partial charge < -0.3 is 0 Å². The van der Waals surface area contributed by atoms with E-state index in [4.69, 9.17) is 9.90 Å². The maximum absolute atomic E-state index is 9.00. The fourth-order valence-corrected chi connectivity index (χ4v) is 0. The van der Waals surface area contributed by atoms with E-state index >= 15 is 0 Å². The molecule has 0 aromatic carbocycles. The van der Waals surface area contributed by atoms with Crippen molar-refractivity contribution < 1.29 is 28.8 Å². The van der Waals surface area contributed by atoms with Crippen LogP contribution in [0.2, 0.25) is 0 Å². The first-order valence-corrected chi connectivity index (χ1v) is 1.79. The molecule has 0 radical (unpaired) electrons. The van der Waals surface area contributed by atoms with E-state index in [1.165, 1.54) is 0 Å². The molecule has 1 N–H and O–H groups in total. The summed E-state index contributed by atoms with van der Waals surface area (Å²) in [7, 11) is 0. The SMILES string of the molecule is O=[C](O)[Ir]. The summed E-state index contributed by atoms with van der Waals surface area (Å²) in [4.78, 5) is 9.00. The Morgan fingerprint density at radius 2 is 2.00 bits per heavy atom. The van der Waals surface area contributed by atoms with Crippen LogP contribution < -0.4 is 0 Å². The molecular formula is CHIrO2. The fourth-order valence-electron chi connectivity index (χ4n) is 0. The van der Waals surface area contributed by atoms with Gasteiger partial charge in [0.15, 0.2) is 0 Å². The molecule has 0 saturated heterocycles. The molecular weight excluding hydrogens is 236 g/mol. The van der Waals surface area contributed by atoms with Crippen molar-refractivity contribution in [2.24, 2.45) is 0 Å². The molecule has 2 nitrogen and oxygen atoms in total. The number of hydrogen-bond donors (Lipinski definition) is 1. The van der Waals surface area contributed by atoms with E-state index in [2.05, 4.69) is 0 Å². The molecule has 0 aliphatic rings. The monoisotopic (exact) mass is 238 g/mol. The number of hydrogen-bond acceptors (Lipinski definition) is 1. The van der Waals surface area contributed by atoms with Crippen LogP contribution in [-0.4, -0.2) is 9.59 Å². The van der Waals surface area contributed by atoms with Crippen LogP contribution in [-0.2, 0) is 18.9 Å². The molecule has 0 heterocycles. The quantitative estimate of drug-likeness (QED) is 0.654. The standard InChI is InChI=1S/CHO2.Ir/c2-1-3;/h(H,2,3);. The normalized spacial score (nSPS) is 6.50. The third-order valence-electron chi connectivity index (χ3n) is 0. The van der Waals surface area contributed by atoms with Gasteiger partial charge in [0, 0.05) is 0 Å². The van der Waals surface area contributed by atoms with E-state index in [0.29, 0.717) is 0 Å². The van der Waals surface area contributed by atoms with Gasteiger partial charge in [-0.1, -0.05) is 0 Å². The van der Waals surface area contributed by atoms with Crippen LogP contribution in [0.1, 0.15) is 0 Å². The van der Waals surface area contributed by atoms with Crippen molar-refractivity contribution in [3.8, 4) is 0 Å². The minimum atomic E-state index is -0.833. The van der Waals surface area contributed by atoms with Gasteiger partial charge >= 0.3 is 33.3 Å². The van der Waals surface area contributed by atoms with Gasteiger partial charge in [-0.2, -0.15) is 0 Å². The first kappa shape index (κ1) is 4.12. The Morgan fingerprint density at radius 1 is 2.00 bits per heavy atom. The zero-order chi connectivity index (χ0) is 3.58. The van der Waals surface area contributed by atoms with Crippen molar-refractivity contribution >= 4 is 4.48 Å². The average Bonchev–Trinajstić information content (AvgIpc) is 0.811. The molecule has 0 aliphatic heterocycles. The van der Waals surface area contributed by atoms with Gasteiger partial charge in [-0.15, -0.1) is 0 Å². The molecule has 0 aromatic rings. The molecule has 0 unspecified atom stereocenters. The van der Waals surface area contributed by atoms with Gasteiger partial charge in [-0.05, 0) is 0 Å². The second kappa shape index (κ2) is 1.44. The predicted molar refractivity (Wildman–Crippen MR) is 8.02 cm³/mol. The molecule has 0 saturated carbocycles. The summed E-state index contributed by atoms with van der Waals surface area (Å²) in [5, 5.41) is 7.42. The zero-order valence-corrected chi connectivity index (χ0v) is 4.08. The molecule has 3 heteroatoms. The minimum absolute atomic E-state index is 0.833. The van der Waals surface area contributed by atoms with E-state index < -0.39 is 4.48 Å². The molecule has 0 spiro atoms. The van der Waals surface area contributed by atoms with Crippen molar-refractivity contribution in [1.82, 2.24) is 0 Å². The first-order valence-electron chi connectivity index (χ1n) is 0.594. The van der Waals surface area contributed by atoms with Gasteiger partial charge in [-0.3, -0.25) is 0 Å². The van der Waals surface area contributed by atoms with Crippen molar-refractivity contribution in [2.75, 3.05) is 0 Å². The third-order valence-corrected chi connectivity index (χ3v) is 0. The van der Waals surface area contributed by atoms with Gasteiger partial charge in [0.05, 0.1) is 0 Å². The van der Waals surface area contributed by atoms with E-state index in [9.17, 15) is 0 Å². The van der Waals surface area contributed by atoms with Crippen LogP contribution in [0.3, 0.4) is 0 Å². The summed E-state index contributed by atoms with van der Waals surface area (Å²) >= 11 is 1.08. The summed E-state index contributed by atoms with van der Waals surface area (Å²) in [6, 6.07) is 0. The van der Waals surface area contributed by atoms with Gasteiger partial charge in [0.1, 0.15) is 0 Å². The molecule has 0 rings (SSSR count). The van der Waals surface area contributed by atoms with E-state index in [0.717, 1.165) is 18.9 Å². The van der Waals surface area contributed by atoms with Crippen LogP contribution in [0.5, 0.6) is 0 Å². The Kier molecular flexibility index (Phi) is 1.48. The second-order valence-electron chi connectivity index (χ2n) is 0.234. The van der Waals surface area contributed by atoms with Crippen LogP contribution in [0.4, 0.5) is 4.79 Å². The summed E-state index contributed by atoms with van der Waals surface area (Å²) in [5.74, 6) is 0. The number of carboxylic acid groups (broad SMARTS) is 1. The second-order valence-corrected chi connectivity index (χ2v) is 1.26. The van der Waals surface area contributed by atoms with Gasteiger partial charge in [-0.25, -0.2) is 0 Å². The van der Waals surface area contributed by atoms with Gasteiger partial charge in [0.2, 0.25) is 0 Å². The predicted octanol–water partition coefficient (Wildman–Crippen LogP) is 0.211. The Balaban J connectivity index is 2.80. The molecule has 26 valence electrons. The first-order chi connectivity index (χ1) is 1.73. The average molecular weight is 237 g/mol. The fraction of sp³-hybridized carbons (Fsp3) is 0. The third kappa shape index (κ3) is 186. The van der Waals surface area contributed by atoms with Crippen molar-refractivity contribution in [3.05, 3.63) is 0 Å². The van der Waals surface area contributed by atoms with Crippen molar-refractivity contribution in [3.63, 3.8) is 0 Å². The van der Waals surface area contributed by atoms with Crippen LogP contribution in [0.15, 0.2) is 0 Å². The number of carbonyl (C=O) groups is 1. The Bertz CT molecular complexity index is 29.0. The molecule has 0 atom stereocenters. The topological polar surface area (TPSA) is 37.3 Å². The van der Waals surface area contributed by atoms with Crippen LogP contribution >= 0.6 is 0 Å². The van der Waals surface area contributed by atoms with E-state index in [1.807, 2.05) is 0 Å². The Hall–Kier alpha value is 0.119. The Morgan fingerprint density at radius 3 is 2.00 bits per heavy atom.